The van der Waals surface area contributed by atoms with Crippen molar-refractivity contribution in [2.24, 2.45) is 0 Å². The molecular weight excluding hydrogens is 346 g/mol. The first kappa shape index (κ1) is 17.7. The van der Waals surface area contributed by atoms with Crippen LogP contribution in [-0.4, -0.2) is 60.4 Å². The summed E-state index contributed by atoms with van der Waals surface area (Å²) in [6, 6.07) is 5.14. The molecule has 8 nitrogen and oxygen atoms in total. The predicted octanol–water partition coefficient (Wildman–Crippen LogP) is 0.548. The van der Waals surface area contributed by atoms with Crippen molar-refractivity contribution in [2.45, 2.75) is 19.8 Å². The Morgan fingerprint density at radius 3 is 2.80 bits per heavy atom. The summed E-state index contributed by atoms with van der Waals surface area (Å²) in [4.78, 5) is 28.0. The van der Waals surface area contributed by atoms with Crippen LogP contribution in [0.3, 0.4) is 0 Å². The van der Waals surface area contributed by atoms with Gasteiger partial charge >= 0.3 is 5.76 Å². The van der Waals surface area contributed by atoms with Crippen molar-refractivity contribution in [1.29, 1.82) is 0 Å². The average Bonchev–Trinajstić information content (AvgIpc) is 2.79. The molecule has 1 aliphatic heterocycles. The van der Waals surface area contributed by atoms with Crippen LogP contribution in [-0.2, 0) is 21.2 Å². The summed E-state index contributed by atoms with van der Waals surface area (Å²) in [5.41, 5.74) is 1.79. The van der Waals surface area contributed by atoms with E-state index in [9.17, 15) is 18.0 Å². The number of hydrogen-bond acceptors (Lipinski definition) is 5. The molecule has 2 aromatic rings. The maximum atomic E-state index is 12.6. The van der Waals surface area contributed by atoms with E-state index in [1.165, 1.54) is 4.31 Å². The fourth-order valence-corrected chi connectivity index (χ4v) is 4.13. The van der Waals surface area contributed by atoms with Crippen molar-refractivity contribution in [3.05, 3.63) is 34.3 Å². The average molecular weight is 367 g/mol. The highest BCUT2D eigenvalue weighted by Gasteiger charge is 2.25. The summed E-state index contributed by atoms with van der Waals surface area (Å²) < 4.78 is 30.4. The minimum absolute atomic E-state index is 0.0547. The zero-order chi connectivity index (χ0) is 18.0. The molecule has 0 bridgehead atoms. The number of nitrogens with one attached hydrogen (secondary N) is 1. The van der Waals surface area contributed by atoms with Crippen molar-refractivity contribution in [3.63, 3.8) is 0 Å². The van der Waals surface area contributed by atoms with Crippen molar-refractivity contribution < 1.29 is 17.6 Å². The van der Waals surface area contributed by atoms with E-state index in [4.69, 9.17) is 4.42 Å². The van der Waals surface area contributed by atoms with Crippen molar-refractivity contribution in [2.75, 3.05) is 31.9 Å². The number of aromatic nitrogens is 1. The second-order valence-corrected chi connectivity index (χ2v) is 8.31. The van der Waals surface area contributed by atoms with Crippen LogP contribution in [0.5, 0.6) is 0 Å². The van der Waals surface area contributed by atoms with Crippen molar-refractivity contribution >= 4 is 27.0 Å². The van der Waals surface area contributed by atoms with Crippen LogP contribution in [0.4, 0.5) is 0 Å². The minimum Gasteiger partial charge on any atom is -0.408 e. The lowest BCUT2D eigenvalue weighted by Crippen LogP contribution is -2.38. The van der Waals surface area contributed by atoms with Crippen LogP contribution in [0.2, 0.25) is 0 Å². The zero-order valence-electron chi connectivity index (χ0n) is 14.0. The Labute approximate surface area is 145 Å². The first-order valence-corrected chi connectivity index (χ1v) is 9.87. The van der Waals surface area contributed by atoms with Gasteiger partial charge in [-0.15, -0.1) is 0 Å². The van der Waals surface area contributed by atoms with E-state index in [-0.39, 0.29) is 18.1 Å². The molecule has 1 amide bonds. The first-order chi connectivity index (χ1) is 11.9. The number of H-pyrrole nitrogens is 1. The first-order valence-electron chi connectivity index (χ1n) is 8.26. The SMILES string of the molecule is CCS(=O)(=O)N1CCCN(C(=O)Cc2ccc3oc(=O)[nH]c3c2)CC1. The highest BCUT2D eigenvalue weighted by atomic mass is 32.2. The number of aromatic amines is 1. The van der Waals surface area contributed by atoms with Gasteiger partial charge in [0.1, 0.15) is 0 Å². The van der Waals surface area contributed by atoms with Crippen LogP contribution in [0, 0.1) is 0 Å². The van der Waals surface area contributed by atoms with E-state index in [1.807, 2.05) is 0 Å². The Hall–Kier alpha value is -2.13. The normalized spacial score (nSPS) is 16.9. The van der Waals surface area contributed by atoms with Gasteiger partial charge in [0.15, 0.2) is 5.58 Å². The quantitative estimate of drug-likeness (QED) is 0.850. The van der Waals surface area contributed by atoms with Crippen LogP contribution in [0.15, 0.2) is 27.4 Å². The molecule has 0 unspecified atom stereocenters. The molecule has 2 heterocycles. The maximum Gasteiger partial charge on any atom is 0.417 e. The summed E-state index contributed by atoms with van der Waals surface area (Å²) in [6.07, 6.45) is 0.822. The number of rotatable bonds is 4. The third-order valence-electron chi connectivity index (χ3n) is 4.40. The molecule has 9 heteroatoms. The van der Waals surface area contributed by atoms with Gasteiger partial charge in [-0.2, -0.15) is 0 Å². The molecule has 136 valence electrons. The van der Waals surface area contributed by atoms with E-state index in [0.29, 0.717) is 43.7 Å². The van der Waals surface area contributed by atoms with E-state index >= 15 is 0 Å². The molecule has 1 aliphatic rings. The van der Waals surface area contributed by atoms with Gasteiger partial charge in [-0.3, -0.25) is 9.78 Å². The Bertz CT molecular complexity index is 931. The molecule has 1 fully saturated rings. The lowest BCUT2D eigenvalue weighted by atomic mass is 10.1. The van der Waals surface area contributed by atoms with Crippen LogP contribution >= 0.6 is 0 Å². The number of carbonyl (C=O) groups excluding carboxylic acids is 1. The Morgan fingerprint density at radius 2 is 2.04 bits per heavy atom. The lowest BCUT2D eigenvalue weighted by molar-refractivity contribution is -0.130. The van der Waals surface area contributed by atoms with E-state index in [1.54, 1.807) is 30.0 Å². The number of nitrogens with zero attached hydrogens (tertiary/aromatic N) is 2. The number of oxazole rings is 1. The number of hydrogen-bond donors (Lipinski definition) is 1. The Kier molecular flexibility index (Phi) is 4.96. The van der Waals surface area contributed by atoms with Crippen LogP contribution in [0.25, 0.3) is 11.1 Å². The van der Waals surface area contributed by atoms with Gasteiger partial charge in [-0.05, 0) is 31.0 Å². The Morgan fingerprint density at radius 1 is 1.24 bits per heavy atom. The number of benzene rings is 1. The standard InChI is InChI=1S/C16H21N3O5S/c1-2-25(22,23)19-7-3-6-18(8-9-19)15(20)11-12-4-5-14-13(10-12)17-16(21)24-14/h4-5,10H,2-3,6-9,11H2,1H3,(H,17,21). The third kappa shape index (κ3) is 3.93. The maximum absolute atomic E-state index is 12.6. The van der Waals surface area contributed by atoms with Gasteiger partial charge in [-0.25, -0.2) is 17.5 Å². The largest absolute Gasteiger partial charge is 0.417 e. The second kappa shape index (κ2) is 7.01. The minimum atomic E-state index is -3.22. The molecule has 0 aliphatic carbocycles. The molecular formula is C16H21N3O5S. The number of carbonyl (C=O) groups is 1. The lowest BCUT2D eigenvalue weighted by Gasteiger charge is -2.21. The summed E-state index contributed by atoms with van der Waals surface area (Å²) in [5, 5.41) is 0. The molecule has 1 aromatic carbocycles. The molecule has 0 atom stereocenters. The van der Waals surface area contributed by atoms with Crippen molar-refractivity contribution in [1.82, 2.24) is 14.2 Å². The Balaban J connectivity index is 1.67. The van der Waals surface area contributed by atoms with Crippen LogP contribution in [0.1, 0.15) is 18.9 Å². The van der Waals surface area contributed by atoms with Gasteiger partial charge < -0.3 is 9.32 Å². The summed E-state index contributed by atoms with van der Waals surface area (Å²) in [5.74, 6) is -0.506. The van der Waals surface area contributed by atoms with Crippen molar-refractivity contribution in [3.8, 4) is 0 Å². The smallest absolute Gasteiger partial charge is 0.408 e. The second-order valence-electron chi connectivity index (χ2n) is 6.06. The fraction of sp³-hybridized carbons (Fsp3) is 0.500. The number of fused-ring (bicyclic) bond motifs is 1. The topological polar surface area (TPSA) is 104 Å². The molecule has 3 rings (SSSR count). The monoisotopic (exact) mass is 367 g/mol. The predicted molar refractivity (Wildman–Crippen MR) is 92.8 cm³/mol. The number of amides is 1. The van der Waals surface area contributed by atoms with Gasteiger partial charge in [0, 0.05) is 26.2 Å². The molecule has 0 radical (unpaired) electrons. The molecule has 1 saturated heterocycles. The van der Waals surface area contributed by atoms with Crippen LogP contribution < -0.4 is 5.76 Å². The third-order valence-corrected chi connectivity index (χ3v) is 6.29. The van der Waals surface area contributed by atoms with Gasteiger partial charge in [-0.1, -0.05) is 6.07 Å². The zero-order valence-corrected chi connectivity index (χ0v) is 14.8. The summed E-state index contributed by atoms with van der Waals surface area (Å²) >= 11 is 0. The highest BCUT2D eigenvalue weighted by molar-refractivity contribution is 7.89. The van der Waals surface area contributed by atoms with Gasteiger partial charge in [0.2, 0.25) is 15.9 Å². The van der Waals surface area contributed by atoms with Gasteiger partial charge in [0.25, 0.3) is 0 Å². The number of sulfonamides is 1. The van der Waals surface area contributed by atoms with E-state index in [0.717, 1.165) is 5.56 Å². The molecule has 1 N–H and O–H groups in total. The highest BCUT2D eigenvalue weighted by Crippen LogP contribution is 2.15. The molecule has 0 spiro atoms. The van der Waals surface area contributed by atoms with E-state index in [2.05, 4.69) is 4.98 Å². The molecule has 0 saturated carbocycles. The molecule has 1 aromatic heterocycles. The van der Waals surface area contributed by atoms with E-state index < -0.39 is 15.8 Å². The fourth-order valence-electron chi connectivity index (χ4n) is 3.00. The van der Waals surface area contributed by atoms with Gasteiger partial charge in [0.05, 0.1) is 17.7 Å². The summed E-state index contributed by atoms with van der Waals surface area (Å²) in [6.45, 7) is 3.33. The summed E-state index contributed by atoms with van der Waals surface area (Å²) in [7, 11) is -3.22. The molecule has 25 heavy (non-hydrogen) atoms.